The van der Waals surface area contributed by atoms with Gasteiger partial charge in [-0.25, -0.2) is 0 Å². The van der Waals surface area contributed by atoms with Crippen molar-refractivity contribution in [1.82, 2.24) is 5.32 Å². The largest absolute Gasteiger partial charge is 0.349 e. The maximum absolute atomic E-state index is 12.5. The van der Waals surface area contributed by atoms with E-state index < -0.39 is 11.5 Å². The molecule has 5 nitrogen and oxygen atoms in total. The van der Waals surface area contributed by atoms with Crippen molar-refractivity contribution in [3.63, 3.8) is 0 Å². The van der Waals surface area contributed by atoms with Gasteiger partial charge in [0.1, 0.15) is 5.92 Å². The number of anilines is 1. The molecule has 0 spiro atoms. The normalized spacial score (nSPS) is 18.7. The molecule has 1 aromatic rings. The van der Waals surface area contributed by atoms with E-state index in [1.807, 2.05) is 13.8 Å². The average molecular weight is 344 g/mol. The van der Waals surface area contributed by atoms with Crippen LogP contribution in [-0.2, 0) is 9.59 Å². The second-order valence-corrected chi connectivity index (χ2v) is 6.82. The molecule has 0 bridgehead atoms. The minimum atomic E-state index is -0.694. The van der Waals surface area contributed by atoms with E-state index in [-0.39, 0.29) is 11.8 Å². The lowest BCUT2D eigenvalue weighted by molar-refractivity contribution is -0.133. The Hall–Kier alpha value is -1.30. The summed E-state index contributed by atoms with van der Waals surface area (Å²) in [4.78, 5) is 26.3. The first-order valence-electron chi connectivity index (χ1n) is 7.04. The molecule has 1 fully saturated rings. The zero-order valence-corrected chi connectivity index (χ0v) is 14.0. The van der Waals surface area contributed by atoms with Crippen LogP contribution in [0.3, 0.4) is 0 Å². The number of carbonyl (C=O) groups is 2. The lowest BCUT2D eigenvalue weighted by Gasteiger charge is -2.25. The number of nitrogens with zero attached hydrogens (tertiary/aromatic N) is 1. The Kier molecular flexibility index (Phi) is 5.00. The summed E-state index contributed by atoms with van der Waals surface area (Å²) in [5, 5.41) is 3.62. The van der Waals surface area contributed by atoms with Crippen LogP contribution in [0.1, 0.15) is 20.3 Å². The molecule has 1 unspecified atom stereocenters. The van der Waals surface area contributed by atoms with Crippen LogP contribution in [0.2, 0.25) is 10.0 Å². The summed E-state index contributed by atoms with van der Waals surface area (Å²) in [7, 11) is 0. The quantitative estimate of drug-likeness (QED) is 0.823. The van der Waals surface area contributed by atoms with E-state index >= 15 is 0 Å². The molecule has 0 radical (unpaired) electrons. The van der Waals surface area contributed by atoms with Gasteiger partial charge in [0.05, 0.1) is 10.0 Å². The summed E-state index contributed by atoms with van der Waals surface area (Å²) >= 11 is 11.9. The summed E-state index contributed by atoms with van der Waals surface area (Å²) in [5.74, 6) is -1.22. The SMILES string of the molecule is CC(C)(CN)NC(=O)C1CCN(c2ccc(Cl)c(Cl)c2)C1=O. The number of hydrogen-bond acceptors (Lipinski definition) is 3. The molecule has 1 atom stereocenters. The highest BCUT2D eigenvalue weighted by Gasteiger charge is 2.39. The predicted octanol–water partition coefficient (Wildman–Crippen LogP) is 2.20. The van der Waals surface area contributed by atoms with Gasteiger partial charge in [-0.1, -0.05) is 23.2 Å². The van der Waals surface area contributed by atoms with Crippen LogP contribution in [0.4, 0.5) is 5.69 Å². The summed E-state index contributed by atoms with van der Waals surface area (Å²) in [6.07, 6.45) is 0.464. The van der Waals surface area contributed by atoms with Gasteiger partial charge in [-0.3, -0.25) is 9.59 Å². The van der Waals surface area contributed by atoms with E-state index in [1.54, 1.807) is 23.1 Å². The van der Waals surface area contributed by atoms with E-state index in [0.717, 1.165) is 0 Å². The van der Waals surface area contributed by atoms with Crippen LogP contribution in [-0.4, -0.2) is 30.4 Å². The number of benzene rings is 1. The van der Waals surface area contributed by atoms with Gasteiger partial charge in [0.25, 0.3) is 0 Å². The summed E-state index contributed by atoms with van der Waals surface area (Å²) in [5.41, 5.74) is 5.71. The first-order chi connectivity index (χ1) is 10.2. The van der Waals surface area contributed by atoms with E-state index in [4.69, 9.17) is 28.9 Å². The molecule has 1 aliphatic rings. The highest BCUT2D eigenvalue weighted by atomic mass is 35.5. The number of carbonyl (C=O) groups excluding carboxylic acids is 2. The molecule has 1 heterocycles. The van der Waals surface area contributed by atoms with Crippen molar-refractivity contribution < 1.29 is 9.59 Å². The number of nitrogens with two attached hydrogens (primary N) is 1. The zero-order valence-electron chi connectivity index (χ0n) is 12.5. The fraction of sp³-hybridized carbons (Fsp3) is 0.467. The minimum absolute atomic E-state index is 0.233. The maximum Gasteiger partial charge on any atom is 0.239 e. The van der Waals surface area contributed by atoms with Crippen molar-refractivity contribution in [3.8, 4) is 0 Å². The Labute approximate surface area is 139 Å². The van der Waals surface area contributed by atoms with Gasteiger partial charge >= 0.3 is 0 Å². The molecule has 1 aromatic carbocycles. The van der Waals surface area contributed by atoms with Crippen molar-refractivity contribution in [2.24, 2.45) is 11.7 Å². The molecule has 2 amide bonds. The van der Waals surface area contributed by atoms with Crippen LogP contribution < -0.4 is 16.0 Å². The third-order valence-electron chi connectivity index (χ3n) is 3.71. The zero-order chi connectivity index (χ0) is 16.5. The molecule has 3 N–H and O–H groups in total. The van der Waals surface area contributed by atoms with Crippen molar-refractivity contribution >= 4 is 40.7 Å². The number of hydrogen-bond donors (Lipinski definition) is 2. The number of amides is 2. The second-order valence-electron chi connectivity index (χ2n) is 6.01. The molecule has 1 saturated heterocycles. The highest BCUT2D eigenvalue weighted by molar-refractivity contribution is 6.42. The summed E-state index contributed by atoms with van der Waals surface area (Å²) in [6.45, 7) is 4.41. The van der Waals surface area contributed by atoms with Gasteiger partial charge in [0.15, 0.2) is 0 Å². The Morgan fingerprint density at radius 2 is 2.09 bits per heavy atom. The van der Waals surface area contributed by atoms with Crippen molar-refractivity contribution in [3.05, 3.63) is 28.2 Å². The Morgan fingerprint density at radius 1 is 1.41 bits per heavy atom. The van der Waals surface area contributed by atoms with Gasteiger partial charge in [0.2, 0.25) is 11.8 Å². The average Bonchev–Trinajstić information content (AvgIpc) is 2.83. The number of rotatable bonds is 4. The third kappa shape index (κ3) is 3.54. The first-order valence-corrected chi connectivity index (χ1v) is 7.79. The molecule has 0 aromatic heterocycles. The lowest BCUT2D eigenvalue weighted by Crippen LogP contribution is -2.51. The van der Waals surface area contributed by atoms with Gasteiger partial charge in [0, 0.05) is 24.3 Å². The molecular formula is C15H19Cl2N3O2. The van der Waals surface area contributed by atoms with Crippen LogP contribution in [0.5, 0.6) is 0 Å². The van der Waals surface area contributed by atoms with E-state index in [2.05, 4.69) is 5.32 Å². The van der Waals surface area contributed by atoms with Crippen molar-refractivity contribution in [2.45, 2.75) is 25.8 Å². The number of halogens is 2. The fourth-order valence-electron chi connectivity index (χ4n) is 2.30. The van der Waals surface area contributed by atoms with E-state index in [9.17, 15) is 9.59 Å². The van der Waals surface area contributed by atoms with Crippen molar-refractivity contribution in [1.29, 1.82) is 0 Å². The molecule has 0 saturated carbocycles. The number of nitrogens with one attached hydrogen (secondary N) is 1. The van der Waals surface area contributed by atoms with E-state index in [1.165, 1.54) is 0 Å². The third-order valence-corrected chi connectivity index (χ3v) is 4.45. The summed E-state index contributed by atoms with van der Waals surface area (Å²) in [6, 6.07) is 4.99. The smallest absolute Gasteiger partial charge is 0.239 e. The highest BCUT2D eigenvalue weighted by Crippen LogP contribution is 2.31. The van der Waals surface area contributed by atoms with E-state index in [0.29, 0.717) is 35.2 Å². The Bertz CT molecular complexity index is 604. The molecule has 22 heavy (non-hydrogen) atoms. The van der Waals surface area contributed by atoms with Crippen LogP contribution in [0.15, 0.2) is 18.2 Å². The summed E-state index contributed by atoms with van der Waals surface area (Å²) < 4.78 is 0. The molecule has 7 heteroatoms. The predicted molar refractivity (Wildman–Crippen MR) is 88.2 cm³/mol. The molecule has 1 aliphatic heterocycles. The molecule has 0 aliphatic carbocycles. The van der Waals surface area contributed by atoms with Crippen LogP contribution in [0, 0.1) is 5.92 Å². The second kappa shape index (κ2) is 6.44. The van der Waals surface area contributed by atoms with Gasteiger partial charge in [-0.2, -0.15) is 0 Å². The first kappa shape index (κ1) is 17.1. The van der Waals surface area contributed by atoms with Gasteiger partial charge < -0.3 is 16.0 Å². The molecular weight excluding hydrogens is 325 g/mol. The van der Waals surface area contributed by atoms with Crippen LogP contribution in [0.25, 0.3) is 0 Å². The van der Waals surface area contributed by atoms with Crippen LogP contribution >= 0.6 is 23.2 Å². The standard InChI is InChI=1S/C15H19Cl2N3O2/c1-15(2,8-18)19-13(21)10-5-6-20(14(10)22)9-3-4-11(16)12(17)7-9/h3-4,7,10H,5-6,8,18H2,1-2H3,(H,19,21). The van der Waals surface area contributed by atoms with Gasteiger partial charge in [-0.15, -0.1) is 0 Å². The maximum atomic E-state index is 12.5. The lowest BCUT2D eigenvalue weighted by atomic mass is 10.0. The molecule has 2 rings (SSSR count). The van der Waals surface area contributed by atoms with Crippen molar-refractivity contribution in [2.75, 3.05) is 18.0 Å². The minimum Gasteiger partial charge on any atom is -0.349 e. The Balaban J connectivity index is 2.12. The topological polar surface area (TPSA) is 75.4 Å². The van der Waals surface area contributed by atoms with Gasteiger partial charge in [-0.05, 0) is 38.5 Å². The molecule has 120 valence electrons. The monoisotopic (exact) mass is 343 g/mol. The fourth-order valence-corrected chi connectivity index (χ4v) is 2.60. The Morgan fingerprint density at radius 3 is 2.68 bits per heavy atom.